The summed E-state index contributed by atoms with van der Waals surface area (Å²) in [5.41, 5.74) is 1.40. The Morgan fingerprint density at radius 2 is 1.81 bits per heavy atom. The zero-order chi connectivity index (χ0) is 15.5. The first-order valence-electron chi connectivity index (χ1n) is 7.65. The summed E-state index contributed by atoms with van der Waals surface area (Å²) >= 11 is 0. The van der Waals surface area contributed by atoms with Crippen molar-refractivity contribution in [2.45, 2.75) is 43.7 Å². The van der Waals surface area contributed by atoms with Gasteiger partial charge in [-0.15, -0.1) is 0 Å². The van der Waals surface area contributed by atoms with Gasteiger partial charge in [-0.05, 0) is 30.5 Å². The first-order chi connectivity index (χ1) is 9.88. The molecule has 1 aliphatic rings. The third-order valence-corrected chi connectivity index (χ3v) is 5.69. The third kappa shape index (κ3) is 4.05. The summed E-state index contributed by atoms with van der Waals surface area (Å²) < 4.78 is 23.0. The number of nitrogens with zero attached hydrogens (tertiary/aromatic N) is 1. The van der Waals surface area contributed by atoms with E-state index in [2.05, 4.69) is 24.1 Å². The van der Waals surface area contributed by atoms with Crippen LogP contribution in [0.1, 0.15) is 32.3 Å². The summed E-state index contributed by atoms with van der Waals surface area (Å²) in [6, 6.07) is 7.27. The van der Waals surface area contributed by atoms with Gasteiger partial charge in [0.05, 0.1) is 4.90 Å². The minimum atomic E-state index is -3.10. The highest BCUT2D eigenvalue weighted by Crippen LogP contribution is 2.21. The van der Waals surface area contributed by atoms with Crippen molar-refractivity contribution in [2.75, 3.05) is 25.9 Å². The van der Waals surface area contributed by atoms with E-state index >= 15 is 0 Å². The van der Waals surface area contributed by atoms with E-state index in [1.165, 1.54) is 11.8 Å². The van der Waals surface area contributed by atoms with Crippen LogP contribution in [-0.2, 0) is 16.4 Å². The van der Waals surface area contributed by atoms with Crippen molar-refractivity contribution >= 4 is 9.84 Å². The van der Waals surface area contributed by atoms with Crippen LogP contribution in [0.4, 0.5) is 0 Å². The van der Waals surface area contributed by atoms with Gasteiger partial charge in [0.2, 0.25) is 0 Å². The maximum atomic E-state index is 11.5. The van der Waals surface area contributed by atoms with Crippen LogP contribution in [0.5, 0.6) is 0 Å². The molecule has 0 aromatic heterocycles. The van der Waals surface area contributed by atoms with E-state index in [1.54, 1.807) is 12.1 Å². The molecule has 0 spiro atoms. The first-order valence-corrected chi connectivity index (χ1v) is 9.54. The molecule has 0 unspecified atom stereocenters. The van der Waals surface area contributed by atoms with Crippen LogP contribution >= 0.6 is 0 Å². The second-order valence-corrected chi connectivity index (χ2v) is 8.06. The van der Waals surface area contributed by atoms with Crippen molar-refractivity contribution in [1.82, 2.24) is 10.2 Å². The van der Waals surface area contributed by atoms with E-state index in [4.69, 9.17) is 0 Å². The number of rotatable bonds is 5. The smallest absolute Gasteiger partial charge is 0.175 e. The second-order valence-electron chi connectivity index (χ2n) is 6.04. The Hall–Kier alpha value is -0.910. The molecule has 1 aromatic carbocycles. The molecule has 118 valence electrons. The number of piperazine rings is 1. The van der Waals surface area contributed by atoms with Crippen molar-refractivity contribution < 1.29 is 8.42 Å². The minimum absolute atomic E-state index is 0.227. The molecule has 1 saturated heterocycles. The van der Waals surface area contributed by atoms with Crippen LogP contribution < -0.4 is 5.32 Å². The predicted octanol–water partition coefficient (Wildman–Crippen LogP) is 2.05. The Labute approximate surface area is 128 Å². The summed E-state index contributed by atoms with van der Waals surface area (Å²) in [5.74, 6) is 0. The standard InChI is InChI=1S/C16H26N2O2S/c1-4-16(5-2)13-18(11-10-17-16)12-14-6-8-15(9-7-14)21(3,19)20/h6-9,17H,4-5,10-13H2,1-3H3. The molecule has 0 aliphatic carbocycles. The van der Waals surface area contributed by atoms with Crippen molar-refractivity contribution in [3.8, 4) is 0 Å². The molecule has 1 aromatic rings. The van der Waals surface area contributed by atoms with E-state index in [0.717, 1.165) is 39.0 Å². The molecule has 4 nitrogen and oxygen atoms in total. The summed E-state index contributed by atoms with van der Waals surface area (Å²) in [7, 11) is -3.10. The van der Waals surface area contributed by atoms with Gasteiger partial charge in [-0.2, -0.15) is 0 Å². The highest BCUT2D eigenvalue weighted by molar-refractivity contribution is 7.90. The molecular formula is C16H26N2O2S. The molecule has 21 heavy (non-hydrogen) atoms. The van der Waals surface area contributed by atoms with Gasteiger partial charge >= 0.3 is 0 Å². The van der Waals surface area contributed by atoms with E-state index in [9.17, 15) is 8.42 Å². The fourth-order valence-corrected chi connectivity index (χ4v) is 3.63. The normalized spacial score (nSPS) is 19.6. The van der Waals surface area contributed by atoms with Crippen molar-refractivity contribution in [3.63, 3.8) is 0 Å². The Morgan fingerprint density at radius 3 is 2.33 bits per heavy atom. The van der Waals surface area contributed by atoms with Gasteiger partial charge in [0.1, 0.15) is 0 Å². The molecule has 0 bridgehead atoms. The van der Waals surface area contributed by atoms with Crippen LogP contribution in [0.25, 0.3) is 0 Å². The van der Waals surface area contributed by atoms with Crippen LogP contribution in [0.15, 0.2) is 29.2 Å². The highest BCUT2D eigenvalue weighted by Gasteiger charge is 2.31. The quantitative estimate of drug-likeness (QED) is 0.904. The van der Waals surface area contributed by atoms with Gasteiger partial charge in [0.15, 0.2) is 9.84 Å². The second kappa shape index (κ2) is 6.46. The SMILES string of the molecule is CCC1(CC)CN(Cc2ccc(S(C)(=O)=O)cc2)CCN1. The molecule has 1 fully saturated rings. The van der Waals surface area contributed by atoms with Crippen molar-refractivity contribution in [3.05, 3.63) is 29.8 Å². The molecule has 0 atom stereocenters. The van der Waals surface area contributed by atoms with Crippen molar-refractivity contribution in [1.29, 1.82) is 0 Å². The lowest BCUT2D eigenvalue weighted by atomic mass is 9.90. The molecule has 2 rings (SSSR count). The van der Waals surface area contributed by atoms with Gasteiger partial charge in [-0.1, -0.05) is 26.0 Å². The molecule has 1 heterocycles. The number of hydrogen-bond donors (Lipinski definition) is 1. The lowest BCUT2D eigenvalue weighted by Crippen LogP contribution is -2.59. The molecule has 1 aliphatic heterocycles. The monoisotopic (exact) mass is 310 g/mol. The molecule has 1 N–H and O–H groups in total. The Balaban J connectivity index is 2.05. The van der Waals surface area contributed by atoms with Gasteiger partial charge in [-0.25, -0.2) is 8.42 Å². The topological polar surface area (TPSA) is 49.4 Å². The van der Waals surface area contributed by atoms with Crippen LogP contribution in [-0.4, -0.2) is 44.7 Å². The highest BCUT2D eigenvalue weighted by atomic mass is 32.2. The molecular weight excluding hydrogens is 284 g/mol. The molecule has 5 heteroatoms. The zero-order valence-electron chi connectivity index (χ0n) is 13.2. The first kappa shape index (κ1) is 16.5. The van der Waals surface area contributed by atoms with Gasteiger partial charge in [0, 0.05) is 38.0 Å². The number of nitrogens with one attached hydrogen (secondary N) is 1. The maximum absolute atomic E-state index is 11.5. The summed E-state index contributed by atoms with van der Waals surface area (Å²) in [5, 5.41) is 3.66. The number of hydrogen-bond acceptors (Lipinski definition) is 4. The van der Waals surface area contributed by atoms with Crippen LogP contribution in [0, 0.1) is 0 Å². The number of benzene rings is 1. The van der Waals surface area contributed by atoms with Gasteiger partial charge in [0.25, 0.3) is 0 Å². The van der Waals surface area contributed by atoms with E-state index in [-0.39, 0.29) is 5.54 Å². The summed E-state index contributed by atoms with van der Waals surface area (Å²) in [6.07, 6.45) is 3.51. The van der Waals surface area contributed by atoms with Crippen LogP contribution in [0.3, 0.4) is 0 Å². The van der Waals surface area contributed by atoms with Crippen LogP contribution in [0.2, 0.25) is 0 Å². The largest absolute Gasteiger partial charge is 0.309 e. The minimum Gasteiger partial charge on any atom is -0.309 e. The Morgan fingerprint density at radius 1 is 1.19 bits per heavy atom. The fourth-order valence-electron chi connectivity index (χ4n) is 3.00. The Kier molecular flexibility index (Phi) is 5.07. The lowest BCUT2D eigenvalue weighted by molar-refractivity contribution is 0.118. The lowest BCUT2D eigenvalue weighted by Gasteiger charge is -2.43. The van der Waals surface area contributed by atoms with E-state index < -0.39 is 9.84 Å². The Bertz CT molecular complexity index is 562. The fraction of sp³-hybridized carbons (Fsp3) is 0.625. The van der Waals surface area contributed by atoms with Crippen molar-refractivity contribution in [2.24, 2.45) is 0 Å². The third-order valence-electron chi connectivity index (χ3n) is 4.57. The summed E-state index contributed by atoms with van der Waals surface area (Å²) in [6.45, 7) is 8.46. The number of sulfone groups is 1. The molecule has 0 saturated carbocycles. The predicted molar refractivity (Wildman–Crippen MR) is 86.1 cm³/mol. The van der Waals surface area contributed by atoms with Gasteiger partial charge in [-0.3, -0.25) is 4.90 Å². The van der Waals surface area contributed by atoms with E-state index in [1.807, 2.05) is 12.1 Å². The van der Waals surface area contributed by atoms with Gasteiger partial charge < -0.3 is 5.32 Å². The maximum Gasteiger partial charge on any atom is 0.175 e. The average Bonchev–Trinajstić information content (AvgIpc) is 2.47. The average molecular weight is 310 g/mol. The molecule has 0 amide bonds. The summed E-state index contributed by atoms with van der Waals surface area (Å²) in [4.78, 5) is 2.85. The zero-order valence-corrected chi connectivity index (χ0v) is 14.0. The molecule has 0 radical (unpaired) electrons. The van der Waals surface area contributed by atoms with E-state index in [0.29, 0.717) is 4.90 Å².